The van der Waals surface area contributed by atoms with E-state index in [1.165, 1.54) is 38.3 Å². The Labute approximate surface area is 311 Å². The normalized spacial score (nSPS) is 11.7. The highest BCUT2D eigenvalue weighted by Gasteiger charge is 2.19. The first-order valence-electron chi connectivity index (χ1n) is 18.2. The summed E-state index contributed by atoms with van der Waals surface area (Å²) >= 11 is 0. The zero-order valence-electron chi connectivity index (χ0n) is 29.1. The summed E-state index contributed by atoms with van der Waals surface area (Å²) in [5.41, 5.74) is 9.78. The maximum atomic E-state index is 5.14. The van der Waals surface area contributed by atoms with Gasteiger partial charge in [0.05, 0.1) is 27.8 Å². The highest BCUT2D eigenvalue weighted by Crippen LogP contribution is 2.39. The van der Waals surface area contributed by atoms with Crippen molar-refractivity contribution in [2.45, 2.75) is 0 Å². The molecule has 5 heteroatoms. The second kappa shape index (κ2) is 12.1. The molecular formula is C49H31N5. The first-order chi connectivity index (χ1) is 26.8. The summed E-state index contributed by atoms with van der Waals surface area (Å²) in [7, 11) is 0. The molecule has 0 saturated heterocycles. The van der Waals surface area contributed by atoms with Crippen LogP contribution in [0.2, 0.25) is 0 Å². The van der Waals surface area contributed by atoms with E-state index in [1.807, 2.05) is 60.7 Å². The van der Waals surface area contributed by atoms with Crippen LogP contribution in [0.15, 0.2) is 188 Å². The molecule has 3 heterocycles. The van der Waals surface area contributed by atoms with Crippen LogP contribution >= 0.6 is 0 Å². The number of fused-ring (bicyclic) bond motifs is 7. The van der Waals surface area contributed by atoms with Crippen LogP contribution in [0, 0.1) is 0 Å². The molecule has 0 bridgehead atoms. The Kier molecular flexibility index (Phi) is 6.79. The molecular weight excluding hydrogens is 659 g/mol. The van der Waals surface area contributed by atoms with Crippen LogP contribution in [0.25, 0.3) is 99.9 Å². The lowest BCUT2D eigenvalue weighted by molar-refractivity contribution is 0.953. The summed E-state index contributed by atoms with van der Waals surface area (Å²) in [4.78, 5) is 15.2. The molecule has 5 nitrogen and oxygen atoms in total. The maximum Gasteiger partial charge on any atom is 0.238 e. The molecule has 0 saturated carbocycles. The number of benzene rings is 8. The molecule has 0 unspecified atom stereocenters. The van der Waals surface area contributed by atoms with Crippen molar-refractivity contribution in [3.8, 4) is 45.5 Å². The predicted molar refractivity (Wildman–Crippen MR) is 222 cm³/mol. The lowest BCUT2D eigenvalue weighted by Gasteiger charge is -2.12. The highest BCUT2D eigenvalue weighted by atomic mass is 15.2. The van der Waals surface area contributed by atoms with Crippen molar-refractivity contribution < 1.29 is 0 Å². The minimum absolute atomic E-state index is 0.583. The first kappa shape index (κ1) is 30.3. The Balaban J connectivity index is 1.13. The van der Waals surface area contributed by atoms with E-state index in [2.05, 4.69) is 137 Å². The molecule has 11 aromatic rings. The van der Waals surface area contributed by atoms with Crippen molar-refractivity contribution >= 4 is 54.4 Å². The minimum atomic E-state index is 0.583. The Morgan fingerprint density at radius 1 is 0.296 bits per heavy atom. The minimum Gasteiger partial charge on any atom is -0.309 e. The van der Waals surface area contributed by atoms with Gasteiger partial charge in [0, 0.05) is 38.1 Å². The molecule has 0 aliphatic rings. The van der Waals surface area contributed by atoms with Gasteiger partial charge in [-0.25, -0.2) is 4.98 Å². The van der Waals surface area contributed by atoms with Crippen LogP contribution in [0.4, 0.5) is 0 Å². The summed E-state index contributed by atoms with van der Waals surface area (Å²) in [6, 6.07) is 66.3. The lowest BCUT2D eigenvalue weighted by atomic mass is 10.0. The molecule has 3 aromatic heterocycles. The summed E-state index contributed by atoms with van der Waals surface area (Å²) in [5.74, 6) is 1.85. The van der Waals surface area contributed by atoms with Crippen molar-refractivity contribution in [1.29, 1.82) is 0 Å². The van der Waals surface area contributed by atoms with Gasteiger partial charge in [-0.2, -0.15) is 9.97 Å². The highest BCUT2D eigenvalue weighted by molar-refractivity contribution is 6.13. The fourth-order valence-corrected chi connectivity index (χ4v) is 8.08. The van der Waals surface area contributed by atoms with Gasteiger partial charge in [0.1, 0.15) is 0 Å². The van der Waals surface area contributed by atoms with Crippen molar-refractivity contribution in [3.63, 3.8) is 0 Å². The SMILES string of the molecule is c1ccc(-c2nc(-c3ccccc3)nc(-n3c4ccccc4c4ccc(-c5ccc6c(c5)c5ccccc5n6-c5cccc6ccccc56)cc43)n2)cc1. The van der Waals surface area contributed by atoms with Crippen molar-refractivity contribution in [2.75, 3.05) is 0 Å². The third kappa shape index (κ3) is 4.76. The molecule has 0 spiro atoms. The van der Waals surface area contributed by atoms with Crippen LogP contribution < -0.4 is 0 Å². The van der Waals surface area contributed by atoms with Crippen LogP contribution in [0.1, 0.15) is 0 Å². The number of hydrogen-bond donors (Lipinski definition) is 0. The lowest BCUT2D eigenvalue weighted by Crippen LogP contribution is -2.06. The van der Waals surface area contributed by atoms with E-state index in [9.17, 15) is 0 Å². The molecule has 0 atom stereocenters. The van der Waals surface area contributed by atoms with Gasteiger partial charge in [-0.05, 0) is 52.9 Å². The summed E-state index contributed by atoms with van der Waals surface area (Å²) in [6.45, 7) is 0. The quantitative estimate of drug-likeness (QED) is 0.181. The van der Waals surface area contributed by atoms with Crippen LogP contribution in [-0.4, -0.2) is 24.1 Å². The standard InChI is InChI=1S/C49H31N5/c1-3-15-33(16-4-1)47-50-48(34-17-5-2-6-18-34)52-49(51-47)54-44-24-12-9-21-38(44)40-28-26-36(31-46(40)54)35-27-29-45-41(30-35)39-22-10-11-23-43(39)53(45)42-25-13-19-32-14-7-8-20-37(32)42/h1-31H. The second-order valence-electron chi connectivity index (χ2n) is 13.7. The largest absolute Gasteiger partial charge is 0.309 e. The third-order valence-corrected chi connectivity index (χ3v) is 10.6. The number of rotatable bonds is 5. The number of hydrogen-bond acceptors (Lipinski definition) is 3. The number of para-hydroxylation sites is 2. The first-order valence-corrected chi connectivity index (χ1v) is 18.2. The van der Waals surface area contributed by atoms with E-state index in [0.29, 0.717) is 17.6 Å². The monoisotopic (exact) mass is 689 g/mol. The van der Waals surface area contributed by atoms with Crippen LogP contribution in [0.3, 0.4) is 0 Å². The molecule has 8 aromatic carbocycles. The van der Waals surface area contributed by atoms with Gasteiger partial charge >= 0.3 is 0 Å². The van der Waals surface area contributed by atoms with E-state index < -0.39 is 0 Å². The van der Waals surface area contributed by atoms with Gasteiger partial charge < -0.3 is 4.57 Å². The fraction of sp³-hybridized carbons (Fsp3) is 0. The molecule has 0 fully saturated rings. The summed E-state index contributed by atoms with van der Waals surface area (Å²) < 4.78 is 4.60. The Hall–Kier alpha value is -7.37. The molecule has 0 N–H and O–H groups in total. The van der Waals surface area contributed by atoms with Gasteiger partial charge in [-0.3, -0.25) is 4.57 Å². The number of nitrogens with zero attached hydrogens (tertiary/aromatic N) is 5. The van der Waals surface area contributed by atoms with Gasteiger partial charge in [0.2, 0.25) is 5.95 Å². The Morgan fingerprint density at radius 2 is 0.815 bits per heavy atom. The van der Waals surface area contributed by atoms with E-state index in [4.69, 9.17) is 15.0 Å². The smallest absolute Gasteiger partial charge is 0.238 e. The summed E-state index contributed by atoms with van der Waals surface area (Å²) in [6.07, 6.45) is 0. The Morgan fingerprint density at radius 3 is 1.54 bits per heavy atom. The van der Waals surface area contributed by atoms with Crippen molar-refractivity contribution in [3.05, 3.63) is 188 Å². The average Bonchev–Trinajstić information content (AvgIpc) is 3.76. The zero-order valence-corrected chi connectivity index (χ0v) is 29.1. The van der Waals surface area contributed by atoms with Crippen LogP contribution in [0.5, 0.6) is 0 Å². The van der Waals surface area contributed by atoms with E-state index >= 15 is 0 Å². The van der Waals surface area contributed by atoms with E-state index in [-0.39, 0.29) is 0 Å². The molecule has 252 valence electrons. The molecule has 0 aliphatic carbocycles. The van der Waals surface area contributed by atoms with Gasteiger partial charge in [0.15, 0.2) is 11.6 Å². The molecule has 0 radical (unpaired) electrons. The van der Waals surface area contributed by atoms with Crippen molar-refractivity contribution in [2.24, 2.45) is 0 Å². The average molecular weight is 690 g/mol. The van der Waals surface area contributed by atoms with E-state index in [0.717, 1.165) is 44.1 Å². The summed E-state index contributed by atoms with van der Waals surface area (Å²) in [5, 5.41) is 7.19. The molecule has 0 aliphatic heterocycles. The van der Waals surface area contributed by atoms with Gasteiger partial charge in [0.25, 0.3) is 0 Å². The molecule has 54 heavy (non-hydrogen) atoms. The van der Waals surface area contributed by atoms with Crippen molar-refractivity contribution in [1.82, 2.24) is 24.1 Å². The fourth-order valence-electron chi connectivity index (χ4n) is 8.08. The third-order valence-electron chi connectivity index (χ3n) is 10.6. The number of aromatic nitrogens is 5. The van der Waals surface area contributed by atoms with Crippen LogP contribution in [-0.2, 0) is 0 Å². The zero-order chi connectivity index (χ0) is 35.6. The van der Waals surface area contributed by atoms with Gasteiger partial charge in [-0.1, -0.05) is 152 Å². The van der Waals surface area contributed by atoms with E-state index in [1.54, 1.807) is 0 Å². The second-order valence-corrected chi connectivity index (χ2v) is 13.7. The predicted octanol–water partition coefficient (Wildman–Crippen LogP) is 12.2. The van der Waals surface area contributed by atoms with Gasteiger partial charge in [-0.15, -0.1) is 0 Å². The topological polar surface area (TPSA) is 48.5 Å². The maximum absolute atomic E-state index is 5.14. The molecule has 0 amide bonds. The Bertz CT molecular complexity index is 3150. The molecule has 11 rings (SSSR count).